The summed E-state index contributed by atoms with van der Waals surface area (Å²) in [7, 11) is 0. The second kappa shape index (κ2) is 3.42. The van der Waals surface area contributed by atoms with Gasteiger partial charge in [0.1, 0.15) is 10.0 Å². The molecule has 1 fully saturated rings. The lowest BCUT2D eigenvalue weighted by molar-refractivity contribution is 0.978. The van der Waals surface area contributed by atoms with Crippen molar-refractivity contribution >= 4 is 11.3 Å². The predicted octanol–water partition coefficient (Wildman–Crippen LogP) is 3.39. The Hall–Kier alpha value is -1.22. The van der Waals surface area contributed by atoms with Crippen LogP contribution in [0.2, 0.25) is 0 Å². The first-order valence-electron chi connectivity index (χ1n) is 5.23. The maximum atomic E-state index is 4.25. The molecule has 1 aromatic carbocycles. The molecule has 1 aromatic heterocycles. The Morgan fingerprint density at radius 3 is 2.53 bits per heavy atom. The van der Waals surface area contributed by atoms with Gasteiger partial charge in [-0.15, -0.1) is 10.2 Å². The van der Waals surface area contributed by atoms with E-state index in [-0.39, 0.29) is 0 Å². The van der Waals surface area contributed by atoms with Crippen molar-refractivity contribution in [2.45, 2.75) is 25.7 Å². The smallest absolute Gasteiger partial charge is 0.143 e. The molecular formula is C12H12N2S. The quantitative estimate of drug-likeness (QED) is 0.769. The van der Waals surface area contributed by atoms with Crippen LogP contribution in [0.4, 0.5) is 0 Å². The summed E-state index contributed by atoms with van der Waals surface area (Å²) in [6, 6.07) is 8.47. The summed E-state index contributed by atoms with van der Waals surface area (Å²) < 4.78 is 0. The zero-order chi connectivity index (χ0) is 10.3. The average molecular weight is 216 g/mol. The highest BCUT2D eigenvalue weighted by atomic mass is 32.1. The van der Waals surface area contributed by atoms with Gasteiger partial charge in [-0.1, -0.05) is 41.2 Å². The molecule has 0 aliphatic heterocycles. The normalized spacial score (nSPS) is 15.5. The molecular weight excluding hydrogens is 204 g/mol. The molecule has 1 heterocycles. The van der Waals surface area contributed by atoms with Crippen LogP contribution in [0.1, 0.15) is 29.3 Å². The van der Waals surface area contributed by atoms with E-state index in [0.29, 0.717) is 5.92 Å². The molecule has 3 heteroatoms. The maximum absolute atomic E-state index is 4.25. The van der Waals surface area contributed by atoms with Gasteiger partial charge in [-0.2, -0.15) is 0 Å². The van der Waals surface area contributed by atoms with Gasteiger partial charge >= 0.3 is 0 Å². The van der Waals surface area contributed by atoms with E-state index in [0.717, 1.165) is 5.01 Å². The highest BCUT2D eigenvalue weighted by molar-refractivity contribution is 7.14. The van der Waals surface area contributed by atoms with E-state index in [1.165, 1.54) is 29.0 Å². The molecule has 15 heavy (non-hydrogen) atoms. The summed E-state index contributed by atoms with van der Waals surface area (Å²) in [5, 5.41) is 10.8. The zero-order valence-corrected chi connectivity index (χ0v) is 9.42. The SMILES string of the molecule is Cc1ccc(-c2nnc(C3CC3)s2)cc1. The minimum atomic E-state index is 0.710. The third-order valence-corrected chi connectivity index (χ3v) is 3.80. The third-order valence-electron chi connectivity index (χ3n) is 2.67. The molecule has 0 spiro atoms. The molecule has 2 nitrogen and oxygen atoms in total. The minimum Gasteiger partial charge on any atom is -0.143 e. The first-order valence-corrected chi connectivity index (χ1v) is 6.05. The summed E-state index contributed by atoms with van der Waals surface area (Å²) in [6.07, 6.45) is 2.59. The van der Waals surface area contributed by atoms with E-state index < -0.39 is 0 Å². The highest BCUT2D eigenvalue weighted by Crippen LogP contribution is 2.42. The number of benzene rings is 1. The minimum absolute atomic E-state index is 0.710. The lowest BCUT2D eigenvalue weighted by Gasteiger charge is -1.95. The Morgan fingerprint density at radius 2 is 1.87 bits per heavy atom. The predicted molar refractivity (Wildman–Crippen MR) is 62.1 cm³/mol. The van der Waals surface area contributed by atoms with Crippen LogP contribution in [0.3, 0.4) is 0 Å². The van der Waals surface area contributed by atoms with Gasteiger partial charge in [0.2, 0.25) is 0 Å². The number of aromatic nitrogens is 2. The van der Waals surface area contributed by atoms with Crippen LogP contribution >= 0.6 is 11.3 Å². The first kappa shape index (κ1) is 9.04. The van der Waals surface area contributed by atoms with Crippen LogP contribution in [0.15, 0.2) is 24.3 Å². The number of nitrogens with zero attached hydrogens (tertiary/aromatic N) is 2. The maximum Gasteiger partial charge on any atom is 0.147 e. The zero-order valence-electron chi connectivity index (χ0n) is 8.60. The Bertz CT molecular complexity index is 469. The van der Waals surface area contributed by atoms with E-state index >= 15 is 0 Å². The van der Waals surface area contributed by atoms with Crippen molar-refractivity contribution in [1.29, 1.82) is 0 Å². The molecule has 0 amide bonds. The third kappa shape index (κ3) is 1.79. The molecule has 2 aromatic rings. The highest BCUT2D eigenvalue weighted by Gasteiger charge is 2.27. The van der Waals surface area contributed by atoms with Gasteiger partial charge in [0.25, 0.3) is 0 Å². The Kier molecular flexibility index (Phi) is 2.06. The lowest BCUT2D eigenvalue weighted by Crippen LogP contribution is -1.78. The summed E-state index contributed by atoms with van der Waals surface area (Å²) in [4.78, 5) is 0. The van der Waals surface area contributed by atoms with Gasteiger partial charge in [0, 0.05) is 11.5 Å². The molecule has 0 radical (unpaired) electrons. The first-order chi connectivity index (χ1) is 7.33. The van der Waals surface area contributed by atoms with E-state index in [1.807, 2.05) is 0 Å². The second-order valence-corrected chi connectivity index (χ2v) is 5.09. The topological polar surface area (TPSA) is 25.8 Å². The Balaban J connectivity index is 1.93. The van der Waals surface area contributed by atoms with Crippen molar-refractivity contribution in [3.05, 3.63) is 34.8 Å². The fraction of sp³-hybridized carbons (Fsp3) is 0.333. The molecule has 0 saturated heterocycles. The molecule has 0 unspecified atom stereocenters. The molecule has 0 atom stereocenters. The Labute approximate surface area is 93.0 Å². The van der Waals surface area contributed by atoms with E-state index in [1.54, 1.807) is 11.3 Å². The molecule has 1 saturated carbocycles. The van der Waals surface area contributed by atoms with Gasteiger partial charge in [-0.25, -0.2) is 0 Å². The van der Waals surface area contributed by atoms with Gasteiger partial charge in [0.15, 0.2) is 0 Å². The van der Waals surface area contributed by atoms with Crippen molar-refractivity contribution in [3.63, 3.8) is 0 Å². The van der Waals surface area contributed by atoms with Crippen LogP contribution < -0.4 is 0 Å². The number of aryl methyl sites for hydroxylation is 1. The fourth-order valence-corrected chi connectivity index (χ4v) is 2.56. The van der Waals surface area contributed by atoms with E-state index in [4.69, 9.17) is 0 Å². The van der Waals surface area contributed by atoms with Gasteiger partial charge in [0.05, 0.1) is 0 Å². The molecule has 0 bridgehead atoms. The van der Waals surface area contributed by atoms with Gasteiger partial charge in [-0.05, 0) is 19.8 Å². The van der Waals surface area contributed by atoms with Crippen molar-refractivity contribution in [1.82, 2.24) is 10.2 Å². The van der Waals surface area contributed by atoms with Crippen molar-refractivity contribution in [3.8, 4) is 10.6 Å². The summed E-state index contributed by atoms with van der Waals surface area (Å²) in [5.74, 6) is 0.710. The molecule has 3 rings (SSSR count). The summed E-state index contributed by atoms with van der Waals surface area (Å²) in [5.41, 5.74) is 2.47. The molecule has 1 aliphatic rings. The lowest BCUT2D eigenvalue weighted by atomic mass is 10.2. The largest absolute Gasteiger partial charge is 0.147 e. The van der Waals surface area contributed by atoms with E-state index in [9.17, 15) is 0 Å². The molecule has 1 aliphatic carbocycles. The van der Waals surface area contributed by atoms with Crippen molar-refractivity contribution in [2.75, 3.05) is 0 Å². The number of hydrogen-bond acceptors (Lipinski definition) is 3. The summed E-state index contributed by atoms with van der Waals surface area (Å²) >= 11 is 1.74. The standard InChI is InChI=1S/C12H12N2S/c1-8-2-4-9(5-3-8)11-13-14-12(15-11)10-6-7-10/h2-5,10H,6-7H2,1H3. The molecule has 76 valence electrons. The van der Waals surface area contributed by atoms with Crippen LogP contribution in [-0.2, 0) is 0 Å². The number of rotatable bonds is 2. The van der Waals surface area contributed by atoms with Crippen LogP contribution in [0, 0.1) is 6.92 Å². The Morgan fingerprint density at radius 1 is 1.13 bits per heavy atom. The number of hydrogen-bond donors (Lipinski definition) is 0. The van der Waals surface area contributed by atoms with Gasteiger partial charge in [-0.3, -0.25) is 0 Å². The second-order valence-electron chi connectivity index (χ2n) is 4.09. The molecule has 0 N–H and O–H groups in total. The van der Waals surface area contributed by atoms with Gasteiger partial charge < -0.3 is 0 Å². The van der Waals surface area contributed by atoms with Crippen molar-refractivity contribution < 1.29 is 0 Å². The van der Waals surface area contributed by atoms with E-state index in [2.05, 4.69) is 41.4 Å². The van der Waals surface area contributed by atoms with Crippen LogP contribution in [0.5, 0.6) is 0 Å². The average Bonchev–Trinajstić information content (AvgIpc) is 2.99. The van der Waals surface area contributed by atoms with Crippen molar-refractivity contribution in [2.24, 2.45) is 0 Å². The van der Waals surface area contributed by atoms with Crippen LogP contribution in [0.25, 0.3) is 10.6 Å². The van der Waals surface area contributed by atoms with Crippen LogP contribution in [-0.4, -0.2) is 10.2 Å². The monoisotopic (exact) mass is 216 g/mol. The fourth-order valence-electron chi connectivity index (χ4n) is 1.54. The summed E-state index contributed by atoms with van der Waals surface area (Å²) in [6.45, 7) is 2.10.